The molecule has 3 heterocycles. The lowest BCUT2D eigenvalue weighted by Gasteiger charge is -2.21. The van der Waals surface area contributed by atoms with E-state index in [9.17, 15) is 4.79 Å². The summed E-state index contributed by atoms with van der Waals surface area (Å²) in [7, 11) is 0. The number of carbonyl (C=O) groups is 1. The van der Waals surface area contributed by atoms with E-state index in [1.54, 1.807) is 0 Å². The molecule has 3 aromatic rings. The lowest BCUT2D eigenvalue weighted by atomic mass is 10.2. The van der Waals surface area contributed by atoms with Gasteiger partial charge in [-0.3, -0.25) is 4.79 Å². The van der Waals surface area contributed by atoms with Crippen molar-refractivity contribution in [2.75, 3.05) is 18.0 Å². The Kier molecular flexibility index (Phi) is 5.39. The van der Waals surface area contributed by atoms with Crippen molar-refractivity contribution in [1.29, 1.82) is 0 Å². The van der Waals surface area contributed by atoms with Gasteiger partial charge < -0.3 is 14.8 Å². The summed E-state index contributed by atoms with van der Waals surface area (Å²) in [6.07, 6.45) is 9.25. The van der Waals surface area contributed by atoms with Gasteiger partial charge in [0.2, 0.25) is 5.91 Å². The first kappa shape index (κ1) is 19.1. The van der Waals surface area contributed by atoms with Gasteiger partial charge in [-0.15, -0.1) is 0 Å². The predicted octanol–water partition coefficient (Wildman–Crippen LogP) is 4.01. The van der Waals surface area contributed by atoms with Crippen molar-refractivity contribution in [3.63, 3.8) is 0 Å². The van der Waals surface area contributed by atoms with Gasteiger partial charge in [-0.1, -0.05) is 25.0 Å². The van der Waals surface area contributed by atoms with Gasteiger partial charge in [-0.05, 0) is 55.5 Å². The molecule has 1 saturated carbocycles. The number of amides is 1. The van der Waals surface area contributed by atoms with E-state index in [1.165, 1.54) is 38.5 Å². The van der Waals surface area contributed by atoms with Crippen LogP contribution in [-0.4, -0.2) is 33.5 Å². The van der Waals surface area contributed by atoms with Gasteiger partial charge in [0.05, 0.1) is 11.0 Å². The normalized spacial score (nSPS) is 17.1. The van der Waals surface area contributed by atoms with Crippen molar-refractivity contribution in [3.05, 3.63) is 54.0 Å². The van der Waals surface area contributed by atoms with Crippen LogP contribution in [0.2, 0.25) is 0 Å². The first-order chi connectivity index (χ1) is 14.8. The molecular weight excluding hydrogens is 374 g/mol. The Bertz CT molecular complexity index is 1030. The highest BCUT2D eigenvalue weighted by atomic mass is 16.1. The van der Waals surface area contributed by atoms with Crippen LogP contribution in [-0.2, 0) is 17.9 Å². The molecule has 2 aliphatic rings. The van der Waals surface area contributed by atoms with Crippen LogP contribution in [0.15, 0.2) is 42.6 Å². The van der Waals surface area contributed by atoms with Crippen LogP contribution in [0.4, 0.5) is 5.82 Å². The number of benzene rings is 1. The van der Waals surface area contributed by atoms with Crippen molar-refractivity contribution in [2.45, 2.75) is 57.5 Å². The third-order valence-electron chi connectivity index (χ3n) is 6.16. The van der Waals surface area contributed by atoms with Crippen LogP contribution >= 0.6 is 0 Å². The zero-order chi connectivity index (χ0) is 20.3. The molecule has 0 radical (unpaired) electrons. The maximum atomic E-state index is 12.8. The smallest absolute Gasteiger partial charge is 0.240 e. The zero-order valence-electron chi connectivity index (χ0n) is 17.4. The van der Waals surface area contributed by atoms with Crippen LogP contribution in [0.3, 0.4) is 0 Å². The fourth-order valence-electron chi connectivity index (χ4n) is 4.36. The number of fused-ring (bicyclic) bond motifs is 1. The van der Waals surface area contributed by atoms with Gasteiger partial charge in [0.15, 0.2) is 0 Å². The van der Waals surface area contributed by atoms with Crippen LogP contribution in [0, 0.1) is 0 Å². The first-order valence-electron chi connectivity index (χ1n) is 11.2. The van der Waals surface area contributed by atoms with Crippen LogP contribution in [0.25, 0.3) is 11.0 Å². The summed E-state index contributed by atoms with van der Waals surface area (Å²) in [6.45, 7) is 2.98. The molecule has 2 aromatic heterocycles. The molecule has 0 spiro atoms. The van der Waals surface area contributed by atoms with Gasteiger partial charge in [-0.2, -0.15) is 0 Å². The van der Waals surface area contributed by atoms with Crippen molar-refractivity contribution in [1.82, 2.24) is 19.9 Å². The van der Waals surface area contributed by atoms with E-state index in [-0.39, 0.29) is 5.91 Å². The second-order valence-electron chi connectivity index (χ2n) is 8.52. The van der Waals surface area contributed by atoms with E-state index in [4.69, 9.17) is 4.98 Å². The molecule has 0 atom stereocenters. The number of hydrogen-bond donors (Lipinski definition) is 1. The molecule has 156 valence electrons. The maximum Gasteiger partial charge on any atom is 0.240 e. The number of hydrogen-bond acceptors (Lipinski definition) is 4. The number of aromatic nitrogens is 3. The lowest BCUT2D eigenvalue weighted by molar-refractivity contribution is -0.121. The minimum atomic E-state index is 0.0215. The standard InChI is InChI=1S/C24H29N5O/c30-23(17-29-21-8-4-3-7-20(21)27-24(29)19-9-10-19)26-16-18-11-12-25-22(15-18)28-13-5-1-2-6-14-28/h3-4,7-8,11-12,15,19H,1-2,5-6,9-10,13-14,16-17H2,(H,26,30). The van der Waals surface area contributed by atoms with Gasteiger partial charge in [-0.25, -0.2) is 9.97 Å². The number of nitrogens with zero attached hydrogens (tertiary/aromatic N) is 4. The SMILES string of the molecule is O=C(Cn1c(C2CC2)nc2ccccc21)NCc1ccnc(N2CCCCCC2)c1. The molecule has 1 amide bonds. The molecule has 2 fully saturated rings. The quantitative estimate of drug-likeness (QED) is 0.676. The number of anilines is 1. The van der Waals surface area contributed by atoms with Gasteiger partial charge in [0.1, 0.15) is 18.2 Å². The second kappa shape index (κ2) is 8.46. The van der Waals surface area contributed by atoms with Gasteiger partial charge >= 0.3 is 0 Å². The molecule has 6 nitrogen and oxygen atoms in total. The molecule has 6 heteroatoms. The van der Waals surface area contributed by atoms with E-state index in [0.717, 1.165) is 41.3 Å². The number of pyridine rings is 1. The highest BCUT2D eigenvalue weighted by Gasteiger charge is 2.30. The average molecular weight is 404 g/mol. The summed E-state index contributed by atoms with van der Waals surface area (Å²) in [5, 5.41) is 3.10. The number of para-hydroxylation sites is 2. The molecular formula is C24H29N5O. The molecule has 1 aromatic carbocycles. The fourth-order valence-corrected chi connectivity index (χ4v) is 4.36. The third kappa shape index (κ3) is 4.18. The molecule has 1 aliphatic carbocycles. The van der Waals surface area contributed by atoms with E-state index in [0.29, 0.717) is 19.0 Å². The summed E-state index contributed by atoms with van der Waals surface area (Å²) in [5.74, 6) is 2.61. The molecule has 1 N–H and O–H groups in total. The second-order valence-corrected chi connectivity index (χ2v) is 8.52. The Labute approximate surface area is 177 Å². The Morgan fingerprint density at radius 3 is 2.67 bits per heavy atom. The largest absolute Gasteiger partial charge is 0.357 e. The van der Waals surface area contributed by atoms with Gasteiger partial charge in [0, 0.05) is 31.7 Å². The number of rotatable bonds is 6. The molecule has 0 unspecified atom stereocenters. The Balaban J connectivity index is 1.25. The predicted molar refractivity (Wildman–Crippen MR) is 118 cm³/mol. The Morgan fingerprint density at radius 2 is 1.87 bits per heavy atom. The first-order valence-corrected chi connectivity index (χ1v) is 11.2. The summed E-state index contributed by atoms with van der Waals surface area (Å²) in [6, 6.07) is 12.2. The summed E-state index contributed by atoms with van der Waals surface area (Å²) < 4.78 is 2.09. The fraction of sp³-hybridized carbons (Fsp3) is 0.458. The van der Waals surface area contributed by atoms with Gasteiger partial charge in [0.25, 0.3) is 0 Å². The molecule has 5 rings (SSSR count). The molecule has 1 aliphatic heterocycles. The molecule has 1 saturated heterocycles. The third-order valence-corrected chi connectivity index (χ3v) is 6.16. The molecule has 30 heavy (non-hydrogen) atoms. The highest BCUT2D eigenvalue weighted by Crippen LogP contribution is 2.40. The highest BCUT2D eigenvalue weighted by molar-refractivity contribution is 5.81. The van der Waals surface area contributed by atoms with Crippen LogP contribution in [0.1, 0.15) is 55.8 Å². The van der Waals surface area contributed by atoms with E-state index < -0.39 is 0 Å². The van der Waals surface area contributed by atoms with Crippen molar-refractivity contribution in [3.8, 4) is 0 Å². The number of nitrogens with one attached hydrogen (secondary N) is 1. The van der Waals surface area contributed by atoms with Crippen LogP contribution in [0.5, 0.6) is 0 Å². The van der Waals surface area contributed by atoms with E-state index in [1.807, 2.05) is 30.5 Å². The van der Waals surface area contributed by atoms with Crippen molar-refractivity contribution < 1.29 is 4.79 Å². The summed E-state index contributed by atoms with van der Waals surface area (Å²) in [5.41, 5.74) is 3.11. The Hall–Kier alpha value is -2.89. The minimum absolute atomic E-state index is 0.0215. The summed E-state index contributed by atoms with van der Waals surface area (Å²) in [4.78, 5) is 24.5. The maximum absolute atomic E-state index is 12.8. The number of imidazole rings is 1. The van der Waals surface area contributed by atoms with Crippen LogP contribution < -0.4 is 10.2 Å². The summed E-state index contributed by atoms with van der Waals surface area (Å²) >= 11 is 0. The van der Waals surface area contributed by atoms with Crippen molar-refractivity contribution in [2.24, 2.45) is 0 Å². The lowest BCUT2D eigenvalue weighted by Crippen LogP contribution is -2.28. The topological polar surface area (TPSA) is 63.1 Å². The average Bonchev–Trinajstić information content (AvgIpc) is 3.59. The minimum Gasteiger partial charge on any atom is -0.357 e. The van der Waals surface area contributed by atoms with E-state index in [2.05, 4.69) is 31.9 Å². The monoisotopic (exact) mass is 403 g/mol. The number of carbonyl (C=O) groups excluding carboxylic acids is 1. The zero-order valence-corrected chi connectivity index (χ0v) is 17.4. The Morgan fingerprint density at radius 1 is 1.07 bits per heavy atom. The molecule has 0 bridgehead atoms. The van der Waals surface area contributed by atoms with E-state index >= 15 is 0 Å². The van der Waals surface area contributed by atoms with Crippen molar-refractivity contribution >= 4 is 22.8 Å².